The second-order valence-corrected chi connectivity index (χ2v) is 6.88. The molecule has 0 spiro atoms. The predicted molar refractivity (Wildman–Crippen MR) is 107 cm³/mol. The molecule has 0 aliphatic carbocycles. The third-order valence-electron chi connectivity index (χ3n) is 3.60. The van der Waals surface area contributed by atoms with Gasteiger partial charge in [-0.2, -0.15) is 0 Å². The van der Waals surface area contributed by atoms with E-state index in [1.165, 1.54) is 0 Å². The fourth-order valence-electron chi connectivity index (χ4n) is 2.32. The van der Waals surface area contributed by atoms with Crippen LogP contribution in [0.3, 0.4) is 0 Å². The van der Waals surface area contributed by atoms with Crippen molar-refractivity contribution in [3.63, 3.8) is 0 Å². The van der Waals surface area contributed by atoms with Crippen LogP contribution in [0, 0.1) is 24.7 Å². The maximum absolute atomic E-state index is 6.19. The van der Waals surface area contributed by atoms with Crippen LogP contribution in [-0.4, -0.2) is 12.2 Å². The van der Waals surface area contributed by atoms with Crippen molar-refractivity contribution in [1.82, 2.24) is 0 Å². The molecule has 0 fully saturated rings. The molecule has 2 aromatic rings. The van der Waals surface area contributed by atoms with Gasteiger partial charge in [0, 0.05) is 32.9 Å². The van der Waals surface area contributed by atoms with Crippen molar-refractivity contribution in [2.45, 2.75) is 25.0 Å². The minimum Gasteiger partial charge on any atom is -0.349 e. The van der Waals surface area contributed by atoms with Crippen molar-refractivity contribution in [2.24, 2.45) is 0 Å². The molecule has 0 N–H and O–H groups in total. The minimum atomic E-state index is -0.584. The highest BCUT2D eigenvalue weighted by Gasteiger charge is 2.19. The van der Waals surface area contributed by atoms with E-state index in [0.717, 1.165) is 11.1 Å². The molecular weight excluding hydrogens is 398 g/mol. The van der Waals surface area contributed by atoms with Gasteiger partial charge in [0.2, 0.25) is 0 Å². The summed E-state index contributed by atoms with van der Waals surface area (Å²) in [6.07, 6.45) is 10.7. The van der Waals surface area contributed by atoms with E-state index in [1.807, 2.05) is 0 Å². The van der Waals surface area contributed by atoms with E-state index in [1.54, 1.807) is 36.4 Å². The Balaban J connectivity index is 2.14. The Kier molecular flexibility index (Phi) is 7.52. The zero-order valence-corrected chi connectivity index (χ0v) is 16.1. The highest BCUT2D eigenvalue weighted by Crippen LogP contribution is 2.28. The van der Waals surface area contributed by atoms with Gasteiger partial charge >= 0.3 is 0 Å². The summed E-state index contributed by atoms with van der Waals surface area (Å²) in [5.74, 6) is 5.17. The zero-order valence-electron chi connectivity index (χ0n) is 13.1. The van der Waals surface area contributed by atoms with Gasteiger partial charge in [0.15, 0.2) is 0 Å². The van der Waals surface area contributed by atoms with Crippen molar-refractivity contribution in [2.75, 3.05) is 0 Å². The molecule has 0 saturated carbocycles. The molecule has 128 valence electrons. The molecule has 0 radical (unpaired) electrons. The Morgan fingerprint density at radius 2 is 1.04 bits per heavy atom. The second kappa shape index (κ2) is 9.40. The van der Waals surface area contributed by atoms with E-state index in [9.17, 15) is 0 Å². The molecule has 25 heavy (non-hydrogen) atoms. The van der Waals surface area contributed by atoms with Gasteiger partial charge in [-0.25, -0.2) is 0 Å². The highest BCUT2D eigenvalue weighted by molar-refractivity contribution is 6.36. The Bertz CT molecular complexity index is 723. The first-order valence-electron chi connectivity index (χ1n) is 7.39. The fraction of sp³-hybridized carbons (Fsp3) is 0.200. The highest BCUT2D eigenvalue weighted by atomic mass is 35.5. The lowest BCUT2D eigenvalue weighted by atomic mass is 10.1. The molecule has 0 saturated heterocycles. The summed E-state index contributed by atoms with van der Waals surface area (Å²) in [5.41, 5.74) is 1.45. The Morgan fingerprint density at radius 3 is 1.32 bits per heavy atom. The third kappa shape index (κ3) is 5.32. The quantitative estimate of drug-likeness (QED) is 0.521. The predicted octanol–water partition coefficient (Wildman–Crippen LogP) is 6.11. The van der Waals surface area contributed by atoms with Crippen LogP contribution in [0.1, 0.15) is 11.1 Å². The standard InChI is InChI=1S/C20H14Cl4O/c1-3-13(11-15-17(21)7-5-8-18(15)22)25-14(4-2)12-16-19(23)9-6-10-20(16)24/h1-2,5-10,13-14H,11-12H2. The number of hydrogen-bond donors (Lipinski definition) is 0. The number of terminal acetylenes is 2. The molecule has 0 aliphatic heterocycles. The van der Waals surface area contributed by atoms with Crippen LogP contribution < -0.4 is 0 Å². The van der Waals surface area contributed by atoms with Gasteiger partial charge in [0.05, 0.1) is 0 Å². The second-order valence-electron chi connectivity index (χ2n) is 5.26. The molecule has 5 heteroatoms. The first-order valence-corrected chi connectivity index (χ1v) is 8.91. The molecule has 0 aliphatic rings. The number of hydrogen-bond acceptors (Lipinski definition) is 1. The number of halogens is 4. The monoisotopic (exact) mass is 410 g/mol. The first-order chi connectivity index (χ1) is 12.0. The van der Waals surface area contributed by atoms with Gasteiger partial charge in [-0.05, 0) is 35.4 Å². The Labute approximate surface area is 168 Å². The van der Waals surface area contributed by atoms with Crippen molar-refractivity contribution in [1.29, 1.82) is 0 Å². The molecule has 1 nitrogen and oxygen atoms in total. The molecule has 0 aromatic heterocycles. The summed E-state index contributed by atoms with van der Waals surface area (Å²) < 4.78 is 5.87. The van der Waals surface area contributed by atoms with Crippen LogP contribution in [0.25, 0.3) is 0 Å². The van der Waals surface area contributed by atoms with E-state index < -0.39 is 12.2 Å². The Hall–Kier alpha value is -1.32. The zero-order chi connectivity index (χ0) is 18.4. The number of benzene rings is 2. The molecule has 2 unspecified atom stereocenters. The summed E-state index contributed by atoms with van der Waals surface area (Å²) >= 11 is 24.8. The van der Waals surface area contributed by atoms with Gasteiger partial charge in [-0.1, -0.05) is 70.4 Å². The lowest BCUT2D eigenvalue weighted by Crippen LogP contribution is -2.24. The average molecular weight is 412 g/mol. The van der Waals surface area contributed by atoms with Crippen LogP contribution in [0.5, 0.6) is 0 Å². The summed E-state index contributed by atoms with van der Waals surface area (Å²) in [6, 6.07) is 10.5. The smallest absolute Gasteiger partial charge is 0.123 e. The summed E-state index contributed by atoms with van der Waals surface area (Å²) in [5, 5.41) is 2.12. The van der Waals surface area contributed by atoms with Crippen LogP contribution >= 0.6 is 46.4 Å². The van der Waals surface area contributed by atoms with Crippen molar-refractivity contribution in [3.05, 3.63) is 67.6 Å². The molecule has 0 amide bonds. The van der Waals surface area contributed by atoms with Crippen LogP contribution in [0.4, 0.5) is 0 Å². The molecule has 0 heterocycles. The molecule has 2 atom stereocenters. The molecule has 0 bridgehead atoms. The topological polar surface area (TPSA) is 9.23 Å². The summed E-state index contributed by atoms with van der Waals surface area (Å²) in [4.78, 5) is 0. The van der Waals surface area contributed by atoms with Crippen molar-refractivity contribution in [3.8, 4) is 24.7 Å². The van der Waals surface area contributed by atoms with Crippen LogP contribution in [0.15, 0.2) is 36.4 Å². The maximum atomic E-state index is 6.19. The SMILES string of the molecule is C#CC(Cc1c(Cl)cccc1Cl)OC(C#C)Cc1c(Cl)cccc1Cl. The number of rotatable bonds is 6. The van der Waals surface area contributed by atoms with E-state index in [2.05, 4.69) is 11.8 Å². The lowest BCUT2D eigenvalue weighted by molar-refractivity contribution is 0.0533. The third-order valence-corrected chi connectivity index (χ3v) is 5.02. The Morgan fingerprint density at radius 1 is 0.720 bits per heavy atom. The van der Waals surface area contributed by atoms with E-state index in [0.29, 0.717) is 32.9 Å². The summed E-state index contributed by atoms with van der Waals surface area (Å²) in [6.45, 7) is 0. The molecule has 2 rings (SSSR count). The summed E-state index contributed by atoms with van der Waals surface area (Å²) in [7, 11) is 0. The molecule has 2 aromatic carbocycles. The number of ether oxygens (including phenoxy) is 1. The normalized spacial score (nSPS) is 12.9. The average Bonchev–Trinajstić information content (AvgIpc) is 2.59. The van der Waals surface area contributed by atoms with Gasteiger partial charge in [-0.3, -0.25) is 0 Å². The lowest BCUT2D eigenvalue weighted by Gasteiger charge is -2.20. The maximum Gasteiger partial charge on any atom is 0.123 e. The van der Waals surface area contributed by atoms with Gasteiger partial charge in [0.25, 0.3) is 0 Å². The van der Waals surface area contributed by atoms with Crippen LogP contribution in [0.2, 0.25) is 20.1 Å². The van der Waals surface area contributed by atoms with E-state index in [4.69, 9.17) is 64.0 Å². The largest absolute Gasteiger partial charge is 0.349 e. The van der Waals surface area contributed by atoms with Crippen molar-refractivity contribution < 1.29 is 4.74 Å². The van der Waals surface area contributed by atoms with Crippen LogP contribution in [-0.2, 0) is 17.6 Å². The van der Waals surface area contributed by atoms with E-state index >= 15 is 0 Å². The van der Waals surface area contributed by atoms with Gasteiger partial charge in [-0.15, -0.1) is 12.8 Å². The minimum absolute atomic E-state index is 0.351. The van der Waals surface area contributed by atoms with Gasteiger partial charge in [0.1, 0.15) is 12.2 Å². The van der Waals surface area contributed by atoms with E-state index in [-0.39, 0.29) is 0 Å². The fourth-order valence-corrected chi connectivity index (χ4v) is 3.42. The van der Waals surface area contributed by atoms with Crippen molar-refractivity contribution >= 4 is 46.4 Å². The molecular formula is C20H14Cl4O. The first kappa shape index (κ1) is 20.0. The van der Waals surface area contributed by atoms with Gasteiger partial charge < -0.3 is 4.74 Å².